The van der Waals surface area contributed by atoms with Crippen LogP contribution in [-0.2, 0) is 9.59 Å². The Morgan fingerprint density at radius 3 is 1.52 bits per heavy atom. The van der Waals surface area contributed by atoms with Gasteiger partial charge in [0.1, 0.15) is 0 Å². The van der Waals surface area contributed by atoms with Gasteiger partial charge in [-0.15, -0.1) is 11.8 Å². The smallest absolute Gasteiger partial charge is 0.233 e. The summed E-state index contributed by atoms with van der Waals surface area (Å²) in [6.45, 7) is 1.54. The molecule has 2 atom stereocenters. The largest absolute Gasteiger partial charge is 0.335 e. The molecule has 31 heavy (non-hydrogen) atoms. The average molecular weight is 477 g/mol. The predicted octanol–water partition coefficient (Wildman–Crippen LogP) is 5.75. The van der Waals surface area contributed by atoms with E-state index in [0.717, 1.165) is 49.9 Å². The summed E-state index contributed by atoms with van der Waals surface area (Å²) in [7, 11) is 0. The van der Waals surface area contributed by atoms with Crippen LogP contribution in [0.4, 0.5) is 0 Å². The van der Waals surface area contributed by atoms with Crippen LogP contribution >= 0.6 is 35.0 Å². The summed E-state index contributed by atoms with van der Waals surface area (Å²) < 4.78 is 0. The Morgan fingerprint density at radius 1 is 0.742 bits per heavy atom. The average Bonchev–Trinajstić information content (AvgIpc) is 3.45. The second-order valence-electron chi connectivity index (χ2n) is 8.09. The van der Waals surface area contributed by atoms with Crippen LogP contribution in [0, 0.1) is 0 Å². The SMILES string of the molecule is O=C(CSCC(=O)N1CCCC1c1ccc(Cl)cc1)N1CCCC1c1ccc(Cl)cc1. The predicted molar refractivity (Wildman–Crippen MR) is 128 cm³/mol. The van der Waals surface area contributed by atoms with E-state index in [4.69, 9.17) is 23.2 Å². The molecule has 2 aromatic rings. The molecule has 0 bridgehead atoms. The number of rotatable bonds is 6. The molecule has 0 spiro atoms. The summed E-state index contributed by atoms with van der Waals surface area (Å²) >= 11 is 13.4. The minimum Gasteiger partial charge on any atom is -0.335 e. The first-order valence-electron chi connectivity index (χ1n) is 10.7. The zero-order valence-corrected chi connectivity index (χ0v) is 19.6. The molecule has 164 valence electrons. The van der Waals surface area contributed by atoms with Gasteiger partial charge in [-0.2, -0.15) is 0 Å². The van der Waals surface area contributed by atoms with E-state index in [1.54, 1.807) is 0 Å². The zero-order valence-electron chi connectivity index (χ0n) is 17.3. The van der Waals surface area contributed by atoms with Gasteiger partial charge in [0, 0.05) is 23.1 Å². The summed E-state index contributed by atoms with van der Waals surface area (Å²) in [6.07, 6.45) is 3.93. The van der Waals surface area contributed by atoms with E-state index in [0.29, 0.717) is 21.6 Å². The van der Waals surface area contributed by atoms with E-state index in [2.05, 4.69) is 0 Å². The van der Waals surface area contributed by atoms with Crippen molar-refractivity contribution in [2.75, 3.05) is 24.6 Å². The van der Waals surface area contributed by atoms with Crippen LogP contribution < -0.4 is 0 Å². The highest BCUT2D eigenvalue weighted by Gasteiger charge is 2.31. The fourth-order valence-corrected chi connectivity index (χ4v) is 5.62. The van der Waals surface area contributed by atoms with Crippen molar-refractivity contribution in [3.63, 3.8) is 0 Å². The molecule has 2 amide bonds. The van der Waals surface area contributed by atoms with Gasteiger partial charge in [0.25, 0.3) is 0 Å². The fourth-order valence-electron chi connectivity index (χ4n) is 4.58. The van der Waals surface area contributed by atoms with Crippen molar-refractivity contribution >= 4 is 46.8 Å². The molecular weight excluding hydrogens is 451 g/mol. The molecule has 7 heteroatoms. The van der Waals surface area contributed by atoms with E-state index in [9.17, 15) is 9.59 Å². The molecule has 0 N–H and O–H groups in total. The molecule has 2 fully saturated rings. The van der Waals surface area contributed by atoms with Gasteiger partial charge >= 0.3 is 0 Å². The molecule has 4 rings (SSSR count). The van der Waals surface area contributed by atoms with Gasteiger partial charge in [0.05, 0.1) is 23.6 Å². The highest BCUT2D eigenvalue weighted by Crippen LogP contribution is 2.34. The fraction of sp³-hybridized carbons (Fsp3) is 0.417. The van der Waals surface area contributed by atoms with Gasteiger partial charge in [0.15, 0.2) is 0 Å². The number of likely N-dealkylation sites (tertiary alicyclic amines) is 2. The molecule has 2 aromatic carbocycles. The Labute approximate surface area is 197 Å². The van der Waals surface area contributed by atoms with E-state index < -0.39 is 0 Å². The summed E-state index contributed by atoms with van der Waals surface area (Å²) in [5.41, 5.74) is 2.25. The number of benzene rings is 2. The Bertz CT molecular complexity index is 845. The van der Waals surface area contributed by atoms with E-state index in [-0.39, 0.29) is 23.9 Å². The first kappa shape index (κ1) is 22.5. The normalized spacial score (nSPS) is 21.0. The van der Waals surface area contributed by atoms with E-state index in [1.165, 1.54) is 11.8 Å². The highest BCUT2D eigenvalue weighted by atomic mass is 35.5. The summed E-state index contributed by atoms with van der Waals surface area (Å²) in [6, 6.07) is 15.7. The number of thioether (sulfide) groups is 1. The van der Waals surface area contributed by atoms with Gasteiger partial charge in [-0.1, -0.05) is 47.5 Å². The van der Waals surface area contributed by atoms with Crippen molar-refractivity contribution in [3.05, 3.63) is 69.7 Å². The molecule has 2 heterocycles. The Hall–Kier alpha value is -1.69. The standard InChI is InChI=1S/C24H26Cl2N2O2S/c25-19-9-5-17(6-10-19)21-3-1-13-27(21)23(29)15-31-16-24(30)28-14-2-4-22(28)18-7-11-20(26)12-8-18/h5-12,21-22H,1-4,13-16H2. The lowest BCUT2D eigenvalue weighted by Crippen LogP contribution is -2.34. The topological polar surface area (TPSA) is 40.6 Å². The third-order valence-electron chi connectivity index (χ3n) is 6.11. The molecule has 0 aliphatic carbocycles. The number of nitrogens with zero attached hydrogens (tertiary/aromatic N) is 2. The van der Waals surface area contributed by atoms with Crippen molar-refractivity contribution in [3.8, 4) is 0 Å². The maximum absolute atomic E-state index is 12.9. The Balaban J connectivity index is 1.30. The summed E-state index contributed by atoms with van der Waals surface area (Å²) in [5.74, 6) is 0.863. The monoisotopic (exact) mass is 476 g/mol. The van der Waals surface area contributed by atoms with Crippen molar-refractivity contribution in [2.45, 2.75) is 37.8 Å². The first-order valence-corrected chi connectivity index (χ1v) is 12.6. The van der Waals surface area contributed by atoms with Crippen molar-refractivity contribution in [1.82, 2.24) is 9.80 Å². The van der Waals surface area contributed by atoms with Crippen LogP contribution in [0.25, 0.3) is 0 Å². The van der Waals surface area contributed by atoms with Gasteiger partial charge < -0.3 is 9.80 Å². The minimum absolute atomic E-state index is 0.103. The molecule has 2 unspecified atom stereocenters. The number of amides is 2. The lowest BCUT2D eigenvalue weighted by molar-refractivity contribution is -0.129. The molecule has 0 saturated carbocycles. The molecular formula is C24H26Cl2N2O2S. The number of carbonyl (C=O) groups excluding carboxylic acids is 2. The molecule has 0 aromatic heterocycles. The Morgan fingerprint density at radius 2 is 1.13 bits per heavy atom. The van der Waals surface area contributed by atoms with Crippen LogP contribution in [0.3, 0.4) is 0 Å². The lowest BCUT2D eigenvalue weighted by atomic mass is 10.0. The minimum atomic E-state index is 0.103. The zero-order chi connectivity index (χ0) is 21.8. The van der Waals surface area contributed by atoms with Crippen LogP contribution in [0.5, 0.6) is 0 Å². The second kappa shape index (κ2) is 10.3. The van der Waals surface area contributed by atoms with Crippen LogP contribution in [0.15, 0.2) is 48.5 Å². The van der Waals surface area contributed by atoms with Gasteiger partial charge in [-0.05, 0) is 61.1 Å². The molecule has 2 saturated heterocycles. The third kappa shape index (κ3) is 5.39. The molecule has 0 radical (unpaired) electrons. The maximum Gasteiger partial charge on any atom is 0.233 e. The van der Waals surface area contributed by atoms with Gasteiger partial charge in [-0.3, -0.25) is 9.59 Å². The summed E-state index contributed by atoms with van der Waals surface area (Å²) in [5, 5.41) is 1.40. The van der Waals surface area contributed by atoms with Crippen molar-refractivity contribution in [2.24, 2.45) is 0 Å². The lowest BCUT2D eigenvalue weighted by Gasteiger charge is -2.26. The first-order chi connectivity index (χ1) is 15.0. The van der Waals surface area contributed by atoms with Gasteiger partial charge in [-0.25, -0.2) is 0 Å². The van der Waals surface area contributed by atoms with E-state index in [1.807, 2.05) is 58.3 Å². The van der Waals surface area contributed by atoms with Crippen molar-refractivity contribution in [1.29, 1.82) is 0 Å². The molecule has 4 nitrogen and oxygen atoms in total. The van der Waals surface area contributed by atoms with Crippen LogP contribution in [-0.4, -0.2) is 46.2 Å². The molecule has 2 aliphatic heterocycles. The quantitative estimate of drug-likeness (QED) is 0.532. The van der Waals surface area contributed by atoms with Crippen LogP contribution in [0.1, 0.15) is 48.9 Å². The number of hydrogen-bond donors (Lipinski definition) is 0. The number of hydrogen-bond acceptors (Lipinski definition) is 3. The second-order valence-corrected chi connectivity index (χ2v) is 9.94. The highest BCUT2D eigenvalue weighted by molar-refractivity contribution is 8.00. The Kier molecular flexibility index (Phi) is 7.47. The number of carbonyl (C=O) groups is 2. The number of halogens is 2. The van der Waals surface area contributed by atoms with Crippen molar-refractivity contribution < 1.29 is 9.59 Å². The van der Waals surface area contributed by atoms with E-state index >= 15 is 0 Å². The summed E-state index contributed by atoms with van der Waals surface area (Å²) in [4.78, 5) is 29.6. The maximum atomic E-state index is 12.9. The third-order valence-corrected chi connectivity index (χ3v) is 7.51. The van der Waals surface area contributed by atoms with Gasteiger partial charge in [0.2, 0.25) is 11.8 Å². The molecule has 2 aliphatic rings. The van der Waals surface area contributed by atoms with Crippen LogP contribution in [0.2, 0.25) is 10.0 Å².